The molecule has 0 fully saturated rings. The molecule has 0 saturated heterocycles. The number of rotatable bonds is 8. The highest BCUT2D eigenvalue weighted by atomic mass is 35.5. The minimum absolute atomic E-state index is 0.215. The molecule has 5 nitrogen and oxygen atoms in total. The molecule has 0 bridgehead atoms. The van der Waals surface area contributed by atoms with Gasteiger partial charge in [0.1, 0.15) is 11.9 Å². The summed E-state index contributed by atoms with van der Waals surface area (Å²) in [4.78, 5) is 18.1. The number of carbonyl (C=O) groups excluding carboxylic acids is 1. The Kier molecular flexibility index (Phi) is 7.39. The Labute approximate surface area is 174 Å². The summed E-state index contributed by atoms with van der Waals surface area (Å²) in [5, 5.41) is 6.61. The van der Waals surface area contributed by atoms with E-state index in [-0.39, 0.29) is 12.1 Å². The van der Waals surface area contributed by atoms with Gasteiger partial charge in [-0.2, -0.15) is 0 Å². The van der Waals surface area contributed by atoms with Crippen LogP contribution in [0.3, 0.4) is 0 Å². The SMILES string of the molecule is Cn1ccnc1[C@H](NC(=O)NCCCSc1ccccc1)c1ccc(Cl)cc1. The van der Waals surface area contributed by atoms with Crippen molar-refractivity contribution < 1.29 is 4.79 Å². The number of nitrogens with one attached hydrogen (secondary N) is 2. The number of carbonyl (C=O) groups is 1. The Hall–Kier alpha value is -2.44. The molecule has 2 N–H and O–H groups in total. The second-order valence-corrected chi connectivity index (χ2v) is 7.90. The van der Waals surface area contributed by atoms with Crippen molar-refractivity contribution in [3.8, 4) is 0 Å². The predicted molar refractivity (Wildman–Crippen MR) is 115 cm³/mol. The predicted octanol–water partition coefficient (Wildman–Crippen LogP) is 4.64. The first-order chi connectivity index (χ1) is 13.6. The summed E-state index contributed by atoms with van der Waals surface area (Å²) >= 11 is 7.78. The molecule has 0 unspecified atom stereocenters. The van der Waals surface area contributed by atoms with Crippen LogP contribution >= 0.6 is 23.4 Å². The molecule has 146 valence electrons. The first kappa shape index (κ1) is 20.3. The number of aryl methyl sites for hydroxylation is 1. The number of amides is 2. The van der Waals surface area contributed by atoms with Crippen LogP contribution in [0.5, 0.6) is 0 Å². The van der Waals surface area contributed by atoms with Gasteiger partial charge in [0, 0.05) is 35.9 Å². The highest BCUT2D eigenvalue weighted by Gasteiger charge is 2.20. The lowest BCUT2D eigenvalue weighted by Gasteiger charge is -2.19. The summed E-state index contributed by atoms with van der Waals surface area (Å²) in [5.41, 5.74) is 0.925. The number of urea groups is 1. The van der Waals surface area contributed by atoms with Gasteiger partial charge >= 0.3 is 6.03 Å². The van der Waals surface area contributed by atoms with Crippen molar-refractivity contribution in [2.45, 2.75) is 17.4 Å². The van der Waals surface area contributed by atoms with Gasteiger partial charge < -0.3 is 15.2 Å². The summed E-state index contributed by atoms with van der Waals surface area (Å²) in [7, 11) is 1.91. The van der Waals surface area contributed by atoms with Gasteiger partial charge in [0.15, 0.2) is 0 Å². The molecular weight excluding hydrogens is 392 g/mol. The number of hydrogen-bond acceptors (Lipinski definition) is 3. The molecule has 2 amide bonds. The maximum absolute atomic E-state index is 12.4. The maximum atomic E-state index is 12.4. The van der Waals surface area contributed by atoms with Crippen LogP contribution in [-0.4, -0.2) is 27.9 Å². The van der Waals surface area contributed by atoms with Crippen molar-refractivity contribution in [3.05, 3.63) is 83.4 Å². The molecule has 7 heteroatoms. The number of imidazole rings is 1. The van der Waals surface area contributed by atoms with E-state index in [0.717, 1.165) is 23.6 Å². The fourth-order valence-electron chi connectivity index (χ4n) is 2.77. The lowest BCUT2D eigenvalue weighted by atomic mass is 10.1. The number of benzene rings is 2. The van der Waals surface area contributed by atoms with Gasteiger partial charge in [-0.15, -0.1) is 11.8 Å². The van der Waals surface area contributed by atoms with Gasteiger partial charge in [-0.1, -0.05) is 41.9 Å². The van der Waals surface area contributed by atoms with Gasteiger partial charge in [-0.25, -0.2) is 9.78 Å². The molecule has 0 radical (unpaired) electrons. The van der Waals surface area contributed by atoms with Crippen LogP contribution < -0.4 is 10.6 Å². The normalized spacial score (nSPS) is 11.8. The van der Waals surface area contributed by atoms with Gasteiger partial charge in [0.05, 0.1) is 0 Å². The number of halogens is 1. The average molecular weight is 415 g/mol. The quantitative estimate of drug-likeness (QED) is 0.417. The standard InChI is InChI=1S/C21H23ClN4OS/c1-26-14-13-23-20(26)19(16-8-10-17(22)11-9-16)25-21(27)24-12-5-15-28-18-6-3-2-4-7-18/h2-4,6-11,13-14,19H,5,12,15H2,1H3,(H2,24,25,27)/t19-/m1/s1. The third-order valence-electron chi connectivity index (χ3n) is 4.21. The van der Waals surface area contributed by atoms with Crippen LogP contribution in [0.2, 0.25) is 5.02 Å². The van der Waals surface area contributed by atoms with E-state index in [0.29, 0.717) is 11.6 Å². The zero-order valence-electron chi connectivity index (χ0n) is 15.6. The second-order valence-electron chi connectivity index (χ2n) is 6.30. The maximum Gasteiger partial charge on any atom is 0.315 e. The monoisotopic (exact) mass is 414 g/mol. The zero-order chi connectivity index (χ0) is 19.8. The molecule has 0 aliphatic carbocycles. The molecule has 0 saturated carbocycles. The van der Waals surface area contributed by atoms with Crippen molar-refractivity contribution in [1.82, 2.24) is 20.2 Å². The minimum atomic E-state index is -0.351. The molecule has 3 aromatic rings. The van der Waals surface area contributed by atoms with Crippen LogP contribution in [-0.2, 0) is 7.05 Å². The lowest BCUT2D eigenvalue weighted by molar-refractivity contribution is 0.238. The summed E-state index contributed by atoms with van der Waals surface area (Å²) in [6.07, 6.45) is 4.47. The molecule has 3 rings (SSSR count). The van der Waals surface area contributed by atoms with Gasteiger partial charge in [0.2, 0.25) is 0 Å². The van der Waals surface area contributed by atoms with E-state index in [1.165, 1.54) is 4.90 Å². The van der Waals surface area contributed by atoms with Crippen LogP contribution in [0.25, 0.3) is 0 Å². The van der Waals surface area contributed by atoms with E-state index in [1.54, 1.807) is 18.0 Å². The largest absolute Gasteiger partial charge is 0.338 e. The van der Waals surface area contributed by atoms with Crippen molar-refractivity contribution in [1.29, 1.82) is 0 Å². The third kappa shape index (κ3) is 5.78. The molecule has 2 aromatic carbocycles. The van der Waals surface area contributed by atoms with Gasteiger partial charge in [-0.3, -0.25) is 0 Å². The fourth-order valence-corrected chi connectivity index (χ4v) is 3.77. The molecule has 0 spiro atoms. The molecule has 28 heavy (non-hydrogen) atoms. The Bertz CT molecular complexity index is 883. The van der Waals surface area contributed by atoms with E-state index in [1.807, 2.05) is 60.3 Å². The molecule has 1 heterocycles. The van der Waals surface area contributed by atoms with Crippen LogP contribution in [0.15, 0.2) is 71.9 Å². The Morgan fingerprint density at radius 1 is 1.18 bits per heavy atom. The summed E-state index contributed by atoms with van der Waals surface area (Å²) in [6, 6.07) is 17.1. The highest BCUT2D eigenvalue weighted by molar-refractivity contribution is 7.99. The molecule has 0 aliphatic rings. The van der Waals surface area contributed by atoms with Crippen molar-refractivity contribution >= 4 is 29.4 Å². The van der Waals surface area contributed by atoms with Crippen LogP contribution in [0, 0.1) is 0 Å². The second kappa shape index (κ2) is 10.2. The van der Waals surface area contributed by atoms with Crippen molar-refractivity contribution in [3.63, 3.8) is 0 Å². The Morgan fingerprint density at radius 3 is 2.61 bits per heavy atom. The summed E-state index contributed by atoms with van der Waals surface area (Å²) in [6.45, 7) is 0.611. The van der Waals surface area contributed by atoms with E-state index >= 15 is 0 Å². The molecule has 1 atom stereocenters. The zero-order valence-corrected chi connectivity index (χ0v) is 17.2. The van der Waals surface area contributed by atoms with Crippen LogP contribution in [0.4, 0.5) is 4.79 Å². The van der Waals surface area contributed by atoms with Gasteiger partial charge in [-0.05, 0) is 42.0 Å². The minimum Gasteiger partial charge on any atom is -0.338 e. The molecule has 1 aromatic heterocycles. The highest BCUT2D eigenvalue weighted by Crippen LogP contribution is 2.22. The van der Waals surface area contributed by atoms with Gasteiger partial charge in [0.25, 0.3) is 0 Å². The third-order valence-corrected chi connectivity index (χ3v) is 5.56. The topological polar surface area (TPSA) is 59.0 Å². The van der Waals surface area contributed by atoms with E-state index in [2.05, 4.69) is 27.8 Å². The number of aromatic nitrogens is 2. The number of thioether (sulfide) groups is 1. The van der Waals surface area contributed by atoms with Crippen molar-refractivity contribution in [2.75, 3.05) is 12.3 Å². The van der Waals surface area contributed by atoms with Crippen molar-refractivity contribution in [2.24, 2.45) is 7.05 Å². The first-order valence-corrected chi connectivity index (χ1v) is 10.4. The Morgan fingerprint density at radius 2 is 1.93 bits per heavy atom. The van der Waals surface area contributed by atoms with E-state index < -0.39 is 0 Å². The average Bonchev–Trinajstić information content (AvgIpc) is 3.13. The Balaban J connectivity index is 1.53. The number of hydrogen-bond donors (Lipinski definition) is 2. The smallest absolute Gasteiger partial charge is 0.315 e. The number of nitrogens with zero attached hydrogens (tertiary/aromatic N) is 2. The van der Waals surface area contributed by atoms with Crippen LogP contribution in [0.1, 0.15) is 23.9 Å². The van der Waals surface area contributed by atoms with E-state index in [9.17, 15) is 4.79 Å². The first-order valence-electron chi connectivity index (χ1n) is 9.08. The summed E-state index contributed by atoms with van der Waals surface area (Å²) in [5.74, 6) is 1.71. The van der Waals surface area contributed by atoms with E-state index in [4.69, 9.17) is 11.6 Å². The summed E-state index contributed by atoms with van der Waals surface area (Å²) < 4.78 is 1.90. The molecular formula is C21H23ClN4OS. The lowest BCUT2D eigenvalue weighted by Crippen LogP contribution is -2.39. The molecule has 0 aliphatic heterocycles. The fraction of sp³-hybridized carbons (Fsp3) is 0.238.